The molecule has 3 rings (SSSR count). The molecule has 0 aliphatic carbocycles. The standard InChI is InChI=1S/C66H109NO18/c1-3-5-7-9-11-13-15-17-19-21-23-24-26-28-30-32-34-36-38-40-42-44-54(72)67-49(50(71)43-41-39-37-35-33-31-29-27-25-22-20-18-16-14-12-10-8-6-4-2)48-80-64-60(78)57(75)62(52(46-69)82-64)85-66-61(79)58(76)63(53(47-70)83-66)84-65-59(77)56(74)55(73)51(45-68)81-65/h5,7,11,13,17,19,23-25,27-28,30,33-36,41,43,49-53,55-66,68-71,73-79H,3-4,6,8-10,12,14-16,18,20-22,26,29,31-32,37-40,42,44-48H2,1-2H3,(H,67,72)/b7-5-,13-11-,19-17-,24-23-,27-25+,30-28-,35-33+,36-34-,43-41+. The van der Waals surface area contributed by atoms with E-state index in [1.165, 1.54) is 57.8 Å². The summed E-state index contributed by atoms with van der Waals surface area (Å²) in [5, 5.41) is 120. The molecule has 3 saturated heterocycles. The van der Waals surface area contributed by atoms with Crippen LogP contribution in [-0.4, -0.2) is 193 Å². The van der Waals surface area contributed by atoms with Crippen molar-refractivity contribution in [3.05, 3.63) is 109 Å². The van der Waals surface area contributed by atoms with Gasteiger partial charge in [-0.15, -0.1) is 0 Å². The number of amides is 1. The summed E-state index contributed by atoms with van der Waals surface area (Å²) in [6.07, 6.45) is 34.9. The van der Waals surface area contributed by atoms with E-state index in [4.69, 9.17) is 28.4 Å². The highest BCUT2D eigenvalue weighted by molar-refractivity contribution is 5.76. The van der Waals surface area contributed by atoms with Gasteiger partial charge in [-0.25, -0.2) is 0 Å². The highest BCUT2D eigenvalue weighted by Gasteiger charge is 2.53. The second-order valence-corrected chi connectivity index (χ2v) is 22.1. The molecule has 3 fully saturated rings. The zero-order valence-corrected chi connectivity index (χ0v) is 50.8. The lowest BCUT2D eigenvalue weighted by Gasteiger charge is -2.48. The lowest BCUT2D eigenvalue weighted by Crippen LogP contribution is -2.66. The van der Waals surface area contributed by atoms with Crippen LogP contribution < -0.4 is 5.32 Å². The van der Waals surface area contributed by atoms with Gasteiger partial charge in [0.05, 0.1) is 38.6 Å². The summed E-state index contributed by atoms with van der Waals surface area (Å²) in [4.78, 5) is 13.3. The van der Waals surface area contributed by atoms with E-state index in [9.17, 15) is 61.0 Å². The van der Waals surface area contributed by atoms with E-state index in [2.05, 4.69) is 116 Å². The third-order valence-corrected chi connectivity index (χ3v) is 15.0. The van der Waals surface area contributed by atoms with Crippen LogP contribution in [0.15, 0.2) is 109 Å². The van der Waals surface area contributed by atoms with Crippen LogP contribution in [0.3, 0.4) is 0 Å². The second kappa shape index (κ2) is 47.5. The normalized spacial score (nSPS) is 29.7. The average Bonchev–Trinajstić information content (AvgIpc) is 3.10. The van der Waals surface area contributed by atoms with Gasteiger partial charge in [-0.2, -0.15) is 0 Å². The Morgan fingerprint density at radius 2 is 0.824 bits per heavy atom. The van der Waals surface area contributed by atoms with Crippen LogP contribution in [0.25, 0.3) is 0 Å². The maximum atomic E-state index is 13.3. The summed E-state index contributed by atoms with van der Waals surface area (Å²) >= 11 is 0. The van der Waals surface area contributed by atoms with Gasteiger partial charge in [-0.3, -0.25) is 4.79 Å². The van der Waals surface area contributed by atoms with Gasteiger partial charge in [-0.05, 0) is 96.3 Å². The van der Waals surface area contributed by atoms with Crippen LogP contribution in [0.4, 0.5) is 0 Å². The average molecular weight is 1200 g/mol. The molecular formula is C66H109NO18. The van der Waals surface area contributed by atoms with Crippen molar-refractivity contribution in [2.24, 2.45) is 0 Å². The van der Waals surface area contributed by atoms with Crippen molar-refractivity contribution in [1.82, 2.24) is 5.32 Å². The molecule has 3 heterocycles. The van der Waals surface area contributed by atoms with Gasteiger partial charge < -0.3 is 89.9 Å². The first-order valence-electron chi connectivity index (χ1n) is 31.6. The van der Waals surface area contributed by atoms with Gasteiger partial charge in [0, 0.05) is 6.42 Å². The zero-order chi connectivity index (χ0) is 61.9. The first-order chi connectivity index (χ1) is 41.3. The topological polar surface area (TPSA) is 307 Å². The molecular weight excluding hydrogens is 1090 g/mol. The molecule has 0 saturated carbocycles. The van der Waals surface area contributed by atoms with Crippen molar-refractivity contribution in [3.63, 3.8) is 0 Å². The van der Waals surface area contributed by atoms with E-state index < -0.39 is 131 Å². The number of aliphatic hydroxyl groups excluding tert-OH is 11. The quantitative estimate of drug-likeness (QED) is 0.0223. The minimum absolute atomic E-state index is 0.170. The van der Waals surface area contributed by atoms with Gasteiger partial charge in [0.1, 0.15) is 73.2 Å². The Balaban J connectivity index is 1.53. The Morgan fingerprint density at radius 3 is 1.32 bits per heavy atom. The Labute approximate surface area is 506 Å². The highest BCUT2D eigenvalue weighted by Crippen LogP contribution is 2.33. The number of nitrogens with one attached hydrogen (secondary N) is 1. The molecule has 17 atom stereocenters. The zero-order valence-electron chi connectivity index (χ0n) is 50.8. The largest absolute Gasteiger partial charge is 0.394 e. The summed E-state index contributed by atoms with van der Waals surface area (Å²) in [6, 6.07) is -1.03. The number of carbonyl (C=O) groups is 1. The predicted molar refractivity (Wildman–Crippen MR) is 327 cm³/mol. The Kier molecular flexibility index (Phi) is 42.3. The van der Waals surface area contributed by atoms with E-state index >= 15 is 0 Å². The molecule has 0 aromatic carbocycles. The summed E-state index contributed by atoms with van der Waals surface area (Å²) in [5.41, 5.74) is 0. The molecule has 0 spiro atoms. The van der Waals surface area contributed by atoms with Crippen LogP contribution in [0.2, 0.25) is 0 Å². The van der Waals surface area contributed by atoms with Gasteiger partial charge >= 0.3 is 0 Å². The molecule has 1 amide bonds. The van der Waals surface area contributed by atoms with Crippen molar-refractivity contribution in [2.75, 3.05) is 26.4 Å². The first-order valence-corrected chi connectivity index (χ1v) is 31.6. The van der Waals surface area contributed by atoms with Crippen molar-refractivity contribution >= 4 is 5.91 Å². The van der Waals surface area contributed by atoms with Crippen molar-refractivity contribution in [2.45, 2.75) is 272 Å². The maximum Gasteiger partial charge on any atom is 0.220 e. The van der Waals surface area contributed by atoms with Crippen LogP contribution in [0.1, 0.15) is 168 Å². The summed E-state index contributed by atoms with van der Waals surface area (Å²) in [6.45, 7) is 1.52. The van der Waals surface area contributed by atoms with Gasteiger partial charge in [0.15, 0.2) is 18.9 Å². The molecule has 3 aliphatic heterocycles. The lowest BCUT2D eigenvalue weighted by atomic mass is 9.96. The highest BCUT2D eigenvalue weighted by atomic mass is 16.8. The van der Waals surface area contributed by atoms with Crippen LogP contribution in [0, 0.1) is 0 Å². The monoisotopic (exact) mass is 1200 g/mol. The lowest BCUT2D eigenvalue weighted by molar-refractivity contribution is -0.379. The Hall–Kier alpha value is -3.55. The number of hydrogen-bond donors (Lipinski definition) is 12. The van der Waals surface area contributed by atoms with E-state index in [0.29, 0.717) is 12.8 Å². The Bertz CT molecular complexity index is 1970. The second-order valence-electron chi connectivity index (χ2n) is 22.1. The van der Waals surface area contributed by atoms with Crippen LogP contribution >= 0.6 is 0 Å². The molecule has 0 aromatic rings. The molecule has 486 valence electrons. The number of ether oxygens (including phenoxy) is 6. The van der Waals surface area contributed by atoms with Crippen molar-refractivity contribution in [1.29, 1.82) is 0 Å². The predicted octanol–water partition coefficient (Wildman–Crippen LogP) is 6.71. The fourth-order valence-electron chi connectivity index (χ4n) is 9.87. The van der Waals surface area contributed by atoms with E-state index in [0.717, 1.165) is 77.0 Å². The third kappa shape index (κ3) is 30.5. The number of aliphatic hydroxyl groups is 11. The number of carbonyl (C=O) groups excluding carboxylic acids is 1. The van der Waals surface area contributed by atoms with Crippen molar-refractivity contribution < 1.29 is 89.4 Å². The maximum absolute atomic E-state index is 13.3. The van der Waals surface area contributed by atoms with Gasteiger partial charge in [0.2, 0.25) is 5.91 Å². The minimum Gasteiger partial charge on any atom is -0.394 e. The molecule has 19 heteroatoms. The Morgan fingerprint density at radius 1 is 0.435 bits per heavy atom. The number of unbranched alkanes of at least 4 members (excludes halogenated alkanes) is 13. The first kappa shape index (κ1) is 75.7. The minimum atomic E-state index is -1.99. The molecule has 3 aliphatic rings. The molecule has 85 heavy (non-hydrogen) atoms. The van der Waals surface area contributed by atoms with Gasteiger partial charge in [-0.1, -0.05) is 175 Å². The number of rotatable bonds is 45. The van der Waals surface area contributed by atoms with Gasteiger partial charge in [0.25, 0.3) is 0 Å². The molecule has 0 radical (unpaired) electrons. The molecule has 19 nitrogen and oxygen atoms in total. The van der Waals surface area contributed by atoms with E-state index in [1.807, 2.05) is 6.08 Å². The molecule has 12 N–H and O–H groups in total. The number of allylic oxidation sites excluding steroid dienone is 17. The summed E-state index contributed by atoms with van der Waals surface area (Å²) in [7, 11) is 0. The fourth-order valence-corrected chi connectivity index (χ4v) is 9.87. The fraction of sp³-hybridized carbons (Fsp3) is 0.712. The smallest absolute Gasteiger partial charge is 0.220 e. The van der Waals surface area contributed by atoms with Crippen molar-refractivity contribution in [3.8, 4) is 0 Å². The van der Waals surface area contributed by atoms with Crippen LogP contribution in [0.5, 0.6) is 0 Å². The van der Waals surface area contributed by atoms with E-state index in [-0.39, 0.29) is 12.3 Å². The molecule has 17 unspecified atom stereocenters. The molecule has 0 aromatic heterocycles. The third-order valence-electron chi connectivity index (χ3n) is 15.0. The van der Waals surface area contributed by atoms with E-state index in [1.54, 1.807) is 6.08 Å². The molecule has 0 bridgehead atoms. The summed E-state index contributed by atoms with van der Waals surface area (Å²) < 4.78 is 34.2. The number of hydrogen-bond acceptors (Lipinski definition) is 18. The SMILES string of the molecule is CC/C=C\C/C=C\C/C=C\C/C=C\C/C=C\C/C=C\CCCCC(=O)NC(COC1OC(CO)C(OC2OC(CO)C(OC3OC(CO)C(O)C(O)C3O)C(O)C2O)C(O)C1O)C(O)/C=C/CC/C=C/CC/C=C/CCCCCCCCCCC. The van der Waals surface area contributed by atoms with Crippen LogP contribution in [-0.2, 0) is 33.2 Å². The summed E-state index contributed by atoms with van der Waals surface area (Å²) in [5.74, 6) is -0.337.